The van der Waals surface area contributed by atoms with Gasteiger partial charge in [-0.15, -0.1) is 0 Å². The first-order chi connectivity index (χ1) is 7.91. The third-order valence-electron chi connectivity index (χ3n) is 2.35. The standard InChI is InChI=1S/C11H15N3O3/c12-6-1-2-8(13)7(5-6)11(17)9(14)3-4-10(15)16/h1-2,5,9H,3-4,12-14H2,(H,15,16)/t9-/m0/s1. The molecule has 7 N–H and O–H groups in total. The second-order valence-corrected chi connectivity index (χ2v) is 3.75. The van der Waals surface area contributed by atoms with Gasteiger partial charge >= 0.3 is 5.97 Å². The number of ketones is 1. The maximum Gasteiger partial charge on any atom is 0.303 e. The second-order valence-electron chi connectivity index (χ2n) is 3.75. The average molecular weight is 237 g/mol. The van der Waals surface area contributed by atoms with E-state index in [1.54, 1.807) is 6.07 Å². The van der Waals surface area contributed by atoms with Crippen LogP contribution in [-0.2, 0) is 4.79 Å². The predicted octanol–water partition coefficient (Wildman–Crippen LogP) is 0.226. The molecule has 0 radical (unpaired) electrons. The van der Waals surface area contributed by atoms with Gasteiger partial charge in [-0.3, -0.25) is 9.59 Å². The number of Topliss-reactive ketones (excluding diaryl/α,β-unsaturated/α-hetero) is 1. The predicted molar refractivity (Wildman–Crippen MR) is 64.4 cm³/mol. The van der Waals surface area contributed by atoms with Crippen molar-refractivity contribution in [1.82, 2.24) is 0 Å². The SMILES string of the molecule is Nc1ccc(N)c(C(=O)[C@@H](N)CCC(=O)O)c1. The molecule has 0 aromatic heterocycles. The molecule has 0 amide bonds. The van der Waals surface area contributed by atoms with E-state index < -0.39 is 17.8 Å². The van der Waals surface area contributed by atoms with Gasteiger partial charge in [0.1, 0.15) is 0 Å². The molecule has 1 atom stereocenters. The van der Waals surface area contributed by atoms with Gasteiger partial charge in [-0.25, -0.2) is 0 Å². The summed E-state index contributed by atoms with van der Waals surface area (Å²) in [7, 11) is 0. The molecule has 0 fully saturated rings. The van der Waals surface area contributed by atoms with Crippen LogP contribution < -0.4 is 17.2 Å². The number of carbonyl (C=O) groups excluding carboxylic acids is 1. The number of rotatable bonds is 5. The third kappa shape index (κ3) is 3.46. The van der Waals surface area contributed by atoms with Crippen LogP contribution >= 0.6 is 0 Å². The number of hydrogen-bond acceptors (Lipinski definition) is 5. The molecule has 92 valence electrons. The molecule has 0 aliphatic heterocycles. The summed E-state index contributed by atoms with van der Waals surface area (Å²) < 4.78 is 0. The summed E-state index contributed by atoms with van der Waals surface area (Å²) in [6, 6.07) is 3.66. The van der Waals surface area contributed by atoms with E-state index in [2.05, 4.69) is 0 Å². The Morgan fingerprint density at radius 2 is 1.94 bits per heavy atom. The minimum absolute atomic E-state index is 0.0718. The summed E-state index contributed by atoms with van der Waals surface area (Å²) in [6.45, 7) is 0. The lowest BCUT2D eigenvalue weighted by Crippen LogP contribution is -2.31. The summed E-state index contributed by atoms with van der Waals surface area (Å²) in [4.78, 5) is 22.2. The van der Waals surface area contributed by atoms with E-state index in [0.29, 0.717) is 5.69 Å². The number of carbonyl (C=O) groups is 2. The molecule has 1 aromatic rings. The van der Waals surface area contributed by atoms with Crippen molar-refractivity contribution in [2.45, 2.75) is 18.9 Å². The first-order valence-electron chi connectivity index (χ1n) is 5.08. The van der Waals surface area contributed by atoms with Gasteiger partial charge in [0, 0.05) is 23.4 Å². The highest BCUT2D eigenvalue weighted by atomic mass is 16.4. The molecule has 17 heavy (non-hydrogen) atoms. The molecule has 0 saturated heterocycles. The lowest BCUT2D eigenvalue weighted by Gasteiger charge is -2.11. The lowest BCUT2D eigenvalue weighted by atomic mass is 9.99. The Morgan fingerprint density at radius 3 is 2.53 bits per heavy atom. The van der Waals surface area contributed by atoms with E-state index in [0.717, 1.165) is 0 Å². The van der Waals surface area contributed by atoms with E-state index in [-0.39, 0.29) is 24.1 Å². The quantitative estimate of drug-likeness (QED) is 0.428. The normalized spacial score (nSPS) is 12.1. The number of anilines is 2. The minimum atomic E-state index is -0.992. The molecule has 0 aliphatic rings. The number of hydrogen-bond donors (Lipinski definition) is 4. The van der Waals surface area contributed by atoms with Crippen LogP contribution in [-0.4, -0.2) is 22.9 Å². The number of carboxylic acid groups (broad SMARTS) is 1. The fourth-order valence-electron chi connectivity index (χ4n) is 1.40. The van der Waals surface area contributed by atoms with Gasteiger partial charge in [0.05, 0.1) is 6.04 Å². The van der Waals surface area contributed by atoms with Gasteiger partial charge in [-0.2, -0.15) is 0 Å². The largest absolute Gasteiger partial charge is 0.481 e. The zero-order valence-electron chi connectivity index (χ0n) is 9.22. The molecule has 0 heterocycles. The fraction of sp³-hybridized carbons (Fsp3) is 0.273. The van der Waals surface area contributed by atoms with Crippen molar-refractivity contribution in [3.63, 3.8) is 0 Å². The van der Waals surface area contributed by atoms with Crippen molar-refractivity contribution < 1.29 is 14.7 Å². The van der Waals surface area contributed by atoms with Gasteiger partial charge in [0.15, 0.2) is 5.78 Å². The highest BCUT2D eigenvalue weighted by molar-refractivity contribution is 6.04. The Morgan fingerprint density at radius 1 is 1.29 bits per heavy atom. The van der Waals surface area contributed by atoms with Crippen LogP contribution in [0.15, 0.2) is 18.2 Å². The van der Waals surface area contributed by atoms with Crippen LogP contribution in [0.3, 0.4) is 0 Å². The monoisotopic (exact) mass is 237 g/mol. The number of nitrogen functional groups attached to an aromatic ring is 2. The maximum absolute atomic E-state index is 11.9. The zero-order valence-corrected chi connectivity index (χ0v) is 9.22. The fourth-order valence-corrected chi connectivity index (χ4v) is 1.40. The highest BCUT2D eigenvalue weighted by Gasteiger charge is 2.19. The van der Waals surface area contributed by atoms with Crippen LogP contribution in [0.2, 0.25) is 0 Å². The Hall–Kier alpha value is -2.08. The topological polar surface area (TPSA) is 132 Å². The van der Waals surface area contributed by atoms with Crippen molar-refractivity contribution in [1.29, 1.82) is 0 Å². The molecular weight excluding hydrogens is 222 g/mol. The summed E-state index contributed by atoms with van der Waals surface area (Å²) in [5.74, 6) is -1.38. The van der Waals surface area contributed by atoms with Crippen LogP contribution in [0.25, 0.3) is 0 Å². The molecule has 0 spiro atoms. The highest BCUT2D eigenvalue weighted by Crippen LogP contribution is 2.18. The van der Waals surface area contributed by atoms with Gasteiger partial charge in [-0.05, 0) is 24.6 Å². The number of carboxylic acids is 1. The summed E-state index contributed by atoms with van der Waals surface area (Å²) in [5, 5.41) is 8.50. The summed E-state index contributed by atoms with van der Waals surface area (Å²) in [6.07, 6.45) is -0.0858. The van der Waals surface area contributed by atoms with E-state index in [9.17, 15) is 9.59 Å². The van der Waals surface area contributed by atoms with Crippen molar-refractivity contribution >= 4 is 23.1 Å². The Balaban J connectivity index is 2.81. The summed E-state index contributed by atoms with van der Waals surface area (Å²) >= 11 is 0. The second kappa shape index (κ2) is 5.31. The molecule has 0 aliphatic carbocycles. The van der Waals surface area contributed by atoms with Gasteiger partial charge < -0.3 is 22.3 Å². The Kier molecular flexibility index (Phi) is 4.06. The minimum Gasteiger partial charge on any atom is -0.481 e. The first kappa shape index (κ1) is 13.0. The van der Waals surface area contributed by atoms with Gasteiger partial charge in [0.25, 0.3) is 0 Å². The molecule has 0 bridgehead atoms. The molecule has 6 nitrogen and oxygen atoms in total. The molecule has 1 rings (SSSR count). The van der Waals surface area contributed by atoms with Crippen LogP contribution in [0, 0.1) is 0 Å². The number of aliphatic carboxylic acids is 1. The van der Waals surface area contributed by atoms with Crippen LogP contribution in [0.4, 0.5) is 11.4 Å². The number of nitrogens with two attached hydrogens (primary N) is 3. The van der Waals surface area contributed by atoms with Gasteiger partial charge in [-0.1, -0.05) is 0 Å². The van der Waals surface area contributed by atoms with Crippen molar-refractivity contribution in [2.75, 3.05) is 11.5 Å². The third-order valence-corrected chi connectivity index (χ3v) is 2.35. The Labute approximate surface area is 98.4 Å². The van der Waals surface area contributed by atoms with E-state index in [1.807, 2.05) is 0 Å². The van der Waals surface area contributed by atoms with E-state index >= 15 is 0 Å². The molecule has 6 heteroatoms. The average Bonchev–Trinajstić information content (AvgIpc) is 2.28. The Bertz CT molecular complexity index is 446. The molecule has 0 unspecified atom stereocenters. The molecule has 1 aromatic carbocycles. The van der Waals surface area contributed by atoms with E-state index in [1.165, 1.54) is 12.1 Å². The van der Waals surface area contributed by atoms with Gasteiger partial charge in [0.2, 0.25) is 0 Å². The smallest absolute Gasteiger partial charge is 0.303 e. The lowest BCUT2D eigenvalue weighted by molar-refractivity contribution is -0.137. The molecule has 0 saturated carbocycles. The number of benzene rings is 1. The van der Waals surface area contributed by atoms with Crippen LogP contribution in [0.1, 0.15) is 23.2 Å². The zero-order chi connectivity index (χ0) is 13.0. The van der Waals surface area contributed by atoms with E-state index in [4.69, 9.17) is 22.3 Å². The van der Waals surface area contributed by atoms with Crippen molar-refractivity contribution in [2.24, 2.45) is 5.73 Å². The van der Waals surface area contributed by atoms with Crippen molar-refractivity contribution in [3.8, 4) is 0 Å². The first-order valence-corrected chi connectivity index (χ1v) is 5.08. The van der Waals surface area contributed by atoms with Crippen LogP contribution in [0.5, 0.6) is 0 Å². The van der Waals surface area contributed by atoms with Crippen molar-refractivity contribution in [3.05, 3.63) is 23.8 Å². The molecular formula is C11H15N3O3. The summed E-state index contributed by atoms with van der Waals surface area (Å²) in [5.41, 5.74) is 17.7. The maximum atomic E-state index is 11.9.